The standard InChI is InChI=1S/C16H15ClN2O3/c1-9-10(2)19(8-7-11-3-5-12(17)6-4-11)14-13(9)15(20)22-16(21)18-14/h3-6H,7-8H2,1-2H3,(H,18,21). The second-order valence-electron chi connectivity index (χ2n) is 5.26. The molecule has 6 heteroatoms. The summed E-state index contributed by atoms with van der Waals surface area (Å²) in [5, 5.41) is 1.14. The maximum atomic E-state index is 11.9. The van der Waals surface area contributed by atoms with Gasteiger partial charge in [-0.3, -0.25) is 4.98 Å². The Hall–Kier alpha value is -2.27. The third kappa shape index (κ3) is 2.48. The molecule has 0 aliphatic heterocycles. The van der Waals surface area contributed by atoms with Gasteiger partial charge in [-0.05, 0) is 43.5 Å². The predicted octanol–water partition coefficient (Wildman–Crippen LogP) is 2.80. The monoisotopic (exact) mass is 318 g/mol. The first kappa shape index (κ1) is 14.7. The van der Waals surface area contributed by atoms with Crippen LogP contribution in [0.4, 0.5) is 0 Å². The molecule has 0 aliphatic rings. The zero-order valence-corrected chi connectivity index (χ0v) is 13.0. The second kappa shape index (κ2) is 5.50. The molecule has 0 saturated heterocycles. The number of aromatic amines is 1. The van der Waals surface area contributed by atoms with Crippen molar-refractivity contribution in [3.63, 3.8) is 0 Å². The largest absolute Gasteiger partial charge is 0.420 e. The van der Waals surface area contributed by atoms with Crippen molar-refractivity contribution in [2.75, 3.05) is 0 Å². The van der Waals surface area contributed by atoms with E-state index in [1.54, 1.807) is 0 Å². The molecular weight excluding hydrogens is 304 g/mol. The number of aryl methyl sites for hydroxylation is 3. The van der Waals surface area contributed by atoms with Crippen LogP contribution in [-0.2, 0) is 13.0 Å². The van der Waals surface area contributed by atoms with Gasteiger partial charge in [0.1, 0.15) is 11.0 Å². The van der Waals surface area contributed by atoms with Gasteiger partial charge >= 0.3 is 11.4 Å². The van der Waals surface area contributed by atoms with Crippen molar-refractivity contribution in [1.29, 1.82) is 0 Å². The van der Waals surface area contributed by atoms with Crippen LogP contribution in [-0.4, -0.2) is 9.55 Å². The highest BCUT2D eigenvalue weighted by atomic mass is 35.5. The van der Waals surface area contributed by atoms with Crippen LogP contribution in [0.3, 0.4) is 0 Å². The fourth-order valence-corrected chi connectivity index (χ4v) is 2.80. The van der Waals surface area contributed by atoms with Gasteiger partial charge in [-0.1, -0.05) is 23.7 Å². The third-order valence-corrected chi connectivity index (χ3v) is 4.23. The lowest BCUT2D eigenvalue weighted by molar-refractivity contribution is 0.458. The first-order valence-corrected chi connectivity index (χ1v) is 7.32. The minimum absolute atomic E-state index is 0.438. The Balaban J connectivity index is 2.03. The lowest BCUT2D eigenvalue weighted by atomic mass is 10.1. The average Bonchev–Trinajstić information content (AvgIpc) is 2.70. The number of aromatic nitrogens is 2. The van der Waals surface area contributed by atoms with Crippen molar-refractivity contribution in [3.8, 4) is 0 Å². The highest BCUT2D eigenvalue weighted by Gasteiger charge is 2.16. The average molecular weight is 319 g/mol. The molecule has 2 aromatic heterocycles. The van der Waals surface area contributed by atoms with E-state index in [2.05, 4.69) is 9.40 Å². The van der Waals surface area contributed by atoms with Crippen molar-refractivity contribution in [1.82, 2.24) is 9.55 Å². The van der Waals surface area contributed by atoms with Gasteiger partial charge in [0.2, 0.25) is 0 Å². The SMILES string of the molecule is Cc1c(C)n(CCc2ccc(Cl)cc2)c2[nH]c(=O)oc(=O)c12. The Bertz CT molecular complexity index is 948. The van der Waals surface area contributed by atoms with Crippen LogP contribution in [0.1, 0.15) is 16.8 Å². The smallest absolute Gasteiger partial charge is 0.372 e. The normalized spacial score (nSPS) is 11.2. The van der Waals surface area contributed by atoms with Gasteiger partial charge in [-0.25, -0.2) is 9.59 Å². The Morgan fingerprint density at radius 1 is 1.18 bits per heavy atom. The number of benzene rings is 1. The van der Waals surface area contributed by atoms with Crippen molar-refractivity contribution >= 4 is 22.6 Å². The van der Waals surface area contributed by atoms with E-state index >= 15 is 0 Å². The quantitative estimate of drug-likeness (QED) is 0.807. The van der Waals surface area contributed by atoms with E-state index in [0.717, 1.165) is 23.2 Å². The fraction of sp³-hybridized carbons (Fsp3) is 0.250. The summed E-state index contributed by atoms with van der Waals surface area (Å²) in [6.07, 6.45) is 0.767. The summed E-state index contributed by atoms with van der Waals surface area (Å²) in [7, 11) is 0. The predicted molar refractivity (Wildman–Crippen MR) is 85.7 cm³/mol. The van der Waals surface area contributed by atoms with Gasteiger partial charge in [-0.2, -0.15) is 0 Å². The summed E-state index contributed by atoms with van der Waals surface area (Å²) in [4.78, 5) is 25.9. The van der Waals surface area contributed by atoms with Crippen LogP contribution in [0, 0.1) is 13.8 Å². The first-order chi connectivity index (χ1) is 10.5. The summed E-state index contributed by atoms with van der Waals surface area (Å²) >= 11 is 5.88. The third-order valence-electron chi connectivity index (χ3n) is 3.98. The number of rotatable bonds is 3. The van der Waals surface area contributed by atoms with Gasteiger partial charge in [0.25, 0.3) is 0 Å². The van der Waals surface area contributed by atoms with E-state index in [0.29, 0.717) is 22.6 Å². The second-order valence-corrected chi connectivity index (χ2v) is 5.70. The number of H-pyrrole nitrogens is 1. The number of hydrogen-bond donors (Lipinski definition) is 1. The van der Waals surface area contributed by atoms with Crippen LogP contribution < -0.4 is 11.4 Å². The molecule has 22 heavy (non-hydrogen) atoms. The van der Waals surface area contributed by atoms with E-state index in [-0.39, 0.29) is 0 Å². The van der Waals surface area contributed by atoms with Crippen LogP contribution in [0.15, 0.2) is 38.3 Å². The van der Waals surface area contributed by atoms with E-state index in [4.69, 9.17) is 11.6 Å². The zero-order valence-electron chi connectivity index (χ0n) is 12.3. The summed E-state index contributed by atoms with van der Waals surface area (Å²) in [6, 6.07) is 7.62. The molecule has 0 radical (unpaired) electrons. The van der Waals surface area contributed by atoms with Gasteiger partial charge in [0.15, 0.2) is 0 Å². The topological polar surface area (TPSA) is 68.0 Å². The summed E-state index contributed by atoms with van der Waals surface area (Å²) in [6.45, 7) is 4.43. The minimum atomic E-state index is -0.734. The maximum absolute atomic E-state index is 11.9. The number of nitrogens with one attached hydrogen (secondary N) is 1. The van der Waals surface area contributed by atoms with Crippen LogP contribution >= 0.6 is 11.6 Å². The molecule has 3 rings (SSSR count). The summed E-state index contributed by atoms with van der Waals surface area (Å²) in [5.74, 6) is -0.734. The highest BCUT2D eigenvalue weighted by Crippen LogP contribution is 2.20. The van der Waals surface area contributed by atoms with Crippen LogP contribution in [0.25, 0.3) is 11.0 Å². The number of nitrogens with zero attached hydrogens (tertiary/aromatic N) is 1. The van der Waals surface area contributed by atoms with Crippen molar-refractivity contribution in [3.05, 3.63) is 67.1 Å². The van der Waals surface area contributed by atoms with Crippen LogP contribution in [0.5, 0.6) is 0 Å². The lowest BCUT2D eigenvalue weighted by Crippen LogP contribution is -2.16. The van der Waals surface area contributed by atoms with E-state index in [1.807, 2.05) is 42.7 Å². The number of halogens is 1. The van der Waals surface area contributed by atoms with Gasteiger partial charge in [0.05, 0.1) is 0 Å². The van der Waals surface area contributed by atoms with Crippen molar-refractivity contribution < 1.29 is 4.42 Å². The Labute approximate surface area is 131 Å². The van der Waals surface area contributed by atoms with Gasteiger partial charge in [-0.15, -0.1) is 0 Å². The summed E-state index contributed by atoms with van der Waals surface area (Å²) < 4.78 is 6.56. The molecule has 0 atom stereocenters. The molecule has 0 fully saturated rings. The molecule has 114 valence electrons. The van der Waals surface area contributed by atoms with Crippen LogP contribution in [0.2, 0.25) is 5.02 Å². The minimum Gasteiger partial charge on any atom is -0.372 e. The molecule has 0 unspecified atom stereocenters. The maximum Gasteiger partial charge on any atom is 0.420 e. The molecule has 5 nitrogen and oxygen atoms in total. The fourth-order valence-electron chi connectivity index (χ4n) is 2.67. The Morgan fingerprint density at radius 2 is 1.86 bits per heavy atom. The van der Waals surface area contributed by atoms with Crippen molar-refractivity contribution in [2.45, 2.75) is 26.8 Å². The molecule has 0 aliphatic carbocycles. The molecule has 0 spiro atoms. The Kier molecular flexibility index (Phi) is 3.66. The highest BCUT2D eigenvalue weighted by molar-refractivity contribution is 6.30. The van der Waals surface area contributed by atoms with E-state index in [1.165, 1.54) is 0 Å². The number of hydrogen-bond acceptors (Lipinski definition) is 3. The molecule has 1 N–H and O–H groups in total. The molecular formula is C16H15ClN2O3. The number of fused-ring (bicyclic) bond motifs is 1. The van der Waals surface area contributed by atoms with Gasteiger partial charge < -0.3 is 8.98 Å². The molecule has 2 heterocycles. The van der Waals surface area contributed by atoms with E-state index < -0.39 is 11.4 Å². The van der Waals surface area contributed by atoms with Crippen molar-refractivity contribution in [2.24, 2.45) is 0 Å². The Morgan fingerprint density at radius 3 is 2.55 bits per heavy atom. The lowest BCUT2D eigenvalue weighted by Gasteiger charge is -2.08. The zero-order chi connectivity index (χ0) is 15.9. The molecule has 0 bridgehead atoms. The van der Waals surface area contributed by atoms with Gasteiger partial charge in [0, 0.05) is 17.3 Å². The summed E-state index contributed by atoms with van der Waals surface area (Å²) in [5.41, 5.74) is 2.83. The molecule has 0 saturated carbocycles. The molecule has 1 aromatic carbocycles. The molecule has 0 amide bonds. The van der Waals surface area contributed by atoms with E-state index in [9.17, 15) is 9.59 Å². The first-order valence-electron chi connectivity index (χ1n) is 6.94. The molecule has 3 aromatic rings.